The predicted molar refractivity (Wildman–Crippen MR) is 51.5 cm³/mol. The maximum atomic E-state index is 5.54. The zero-order chi connectivity index (χ0) is 10.1. The fraction of sp³-hybridized carbons (Fsp3) is 0.800. The van der Waals surface area contributed by atoms with Gasteiger partial charge in [0, 0.05) is 11.8 Å². The third-order valence-electron chi connectivity index (χ3n) is 1.69. The van der Waals surface area contributed by atoms with Crippen molar-refractivity contribution in [3.05, 3.63) is 11.8 Å². The summed E-state index contributed by atoms with van der Waals surface area (Å²) >= 11 is 0. The lowest BCUT2D eigenvalue weighted by molar-refractivity contribution is 0.362. The molecule has 0 radical (unpaired) electrons. The Labute approximate surface area is 79.6 Å². The smallest absolute Gasteiger partial charge is 0.221 e. The van der Waals surface area contributed by atoms with E-state index in [-0.39, 0.29) is 5.41 Å². The standard InChI is InChI=1S/C10H18N2O/c1-7(2)6-8-11-12-9(13-8)10(3,4)5/h7H,6H2,1-5H3. The van der Waals surface area contributed by atoms with E-state index in [1.54, 1.807) is 0 Å². The van der Waals surface area contributed by atoms with Crippen LogP contribution >= 0.6 is 0 Å². The van der Waals surface area contributed by atoms with Gasteiger partial charge in [-0.25, -0.2) is 0 Å². The summed E-state index contributed by atoms with van der Waals surface area (Å²) in [7, 11) is 0. The maximum Gasteiger partial charge on any atom is 0.221 e. The van der Waals surface area contributed by atoms with Crippen molar-refractivity contribution in [2.45, 2.75) is 46.5 Å². The molecule has 1 aromatic heterocycles. The monoisotopic (exact) mass is 182 g/mol. The van der Waals surface area contributed by atoms with Crippen LogP contribution in [-0.4, -0.2) is 10.2 Å². The van der Waals surface area contributed by atoms with Crippen LogP contribution in [0.25, 0.3) is 0 Å². The van der Waals surface area contributed by atoms with Gasteiger partial charge < -0.3 is 4.42 Å². The minimum atomic E-state index is -0.0395. The first kappa shape index (κ1) is 10.2. The fourth-order valence-corrected chi connectivity index (χ4v) is 0.988. The van der Waals surface area contributed by atoms with E-state index in [1.807, 2.05) is 0 Å². The molecule has 0 aliphatic carbocycles. The molecule has 74 valence electrons. The van der Waals surface area contributed by atoms with Crippen LogP contribution in [0.5, 0.6) is 0 Å². The van der Waals surface area contributed by atoms with Crippen LogP contribution in [0.3, 0.4) is 0 Å². The van der Waals surface area contributed by atoms with Crippen LogP contribution in [0.1, 0.15) is 46.4 Å². The first-order valence-electron chi connectivity index (χ1n) is 4.72. The number of aromatic nitrogens is 2. The molecule has 0 spiro atoms. The Balaban J connectivity index is 2.75. The summed E-state index contributed by atoms with van der Waals surface area (Å²) in [6, 6.07) is 0. The quantitative estimate of drug-likeness (QED) is 0.705. The molecule has 0 aliphatic rings. The van der Waals surface area contributed by atoms with Crippen molar-refractivity contribution in [1.29, 1.82) is 0 Å². The van der Waals surface area contributed by atoms with Gasteiger partial charge in [0.25, 0.3) is 0 Å². The number of hydrogen-bond donors (Lipinski definition) is 0. The second-order valence-corrected chi connectivity index (χ2v) is 4.85. The van der Waals surface area contributed by atoms with E-state index in [4.69, 9.17) is 4.42 Å². The highest BCUT2D eigenvalue weighted by atomic mass is 16.4. The molecule has 1 rings (SSSR count). The molecule has 1 aromatic rings. The van der Waals surface area contributed by atoms with Crippen LogP contribution in [0, 0.1) is 5.92 Å². The Morgan fingerprint density at radius 2 is 1.85 bits per heavy atom. The van der Waals surface area contributed by atoms with Gasteiger partial charge in [0.05, 0.1) is 0 Å². The molecule has 0 N–H and O–H groups in total. The van der Waals surface area contributed by atoms with Crippen LogP contribution in [0.4, 0.5) is 0 Å². The fourth-order valence-electron chi connectivity index (χ4n) is 0.988. The average Bonchev–Trinajstić information content (AvgIpc) is 2.32. The summed E-state index contributed by atoms with van der Waals surface area (Å²) in [5.41, 5.74) is -0.0395. The molecule has 0 aromatic carbocycles. The minimum absolute atomic E-state index is 0.0395. The van der Waals surface area contributed by atoms with Crippen molar-refractivity contribution in [3.8, 4) is 0 Å². The first-order chi connectivity index (χ1) is 5.89. The molecule has 0 saturated carbocycles. The van der Waals surface area contributed by atoms with Crippen molar-refractivity contribution >= 4 is 0 Å². The topological polar surface area (TPSA) is 38.9 Å². The first-order valence-corrected chi connectivity index (χ1v) is 4.72. The molecular formula is C10H18N2O. The molecule has 0 atom stereocenters. The van der Waals surface area contributed by atoms with E-state index < -0.39 is 0 Å². The van der Waals surface area contributed by atoms with Gasteiger partial charge in [0.2, 0.25) is 11.8 Å². The second kappa shape index (κ2) is 3.48. The van der Waals surface area contributed by atoms with Crippen LogP contribution in [0.15, 0.2) is 4.42 Å². The lowest BCUT2D eigenvalue weighted by Crippen LogP contribution is -2.11. The molecule has 0 amide bonds. The Hall–Kier alpha value is -0.860. The highest BCUT2D eigenvalue weighted by Gasteiger charge is 2.21. The normalized spacial score (nSPS) is 12.5. The molecule has 1 heterocycles. The zero-order valence-corrected chi connectivity index (χ0v) is 9.09. The van der Waals surface area contributed by atoms with Gasteiger partial charge in [-0.2, -0.15) is 0 Å². The summed E-state index contributed by atoms with van der Waals surface area (Å²) in [4.78, 5) is 0. The highest BCUT2D eigenvalue weighted by molar-refractivity contribution is 4.96. The van der Waals surface area contributed by atoms with Gasteiger partial charge >= 0.3 is 0 Å². The lowest BCUT2D eigenvalue weighted by Gasteiger charge is -2.11. The van der Waals surface area contributed by atoms with Crippen molar-refractivity contribution in [1.82, 2.24) is 10.2 Å². The SMILES string of the molecule is CC(C)Cc1nnc(C(C)(C)C)o1. The van der Waals surface area contributed by atoms with Gasteiger partial charge in [-0.05, 0) is 5.92 Å². The summed E-state index contributed by atoms with van der Waals surface area (Å²) in [6.07, 6.45) is 0.864. The van der Waals surface area contributed by atoms with Gasteiger partial charge in [-0.3, -0.25) is 0 Å². The van der Waals surface area contributed by atoms with Crippen molar-refractivity contribution in [2.24, 2.45) is 5.92 Å². The Morgan fingerprint density at radius 3 is 2.23 bits per heavy atom. The average molecular weight is 182 g/mol. The molecule has 3 heteroatoms. The predicted octanol–water partition coefficient (Wildman–Crippen LogP) is 2.57. The van der Waals surface area contributed by atoms with Gasteiger partial charge in [0.15, 0.2) is 0 Å². The second-order valence-electron chi connectivity index (χ2n) is 4.85. The molecule has 0 fully saturated rings. The van der Waals surface area contributed by atoms with Gasteiger partial charge in [-0.1, -0.05) is 34.6 Å². The van der Waals surface area contributed by atoms with Gasteiger partial charge in [0.1, 0.15) is 0 Å². The summed E-state index contributed by atoms with van der Waals surface area (Å²) in [5, 5.41) is 8.03. The summed E-state index contributed by atoms with van der Waals surface area (Å²) in [5.74, 6) is 2.04. The molecular weight excluding hydrogens is 164 g/mol. The van der Waals surface area contributed by atoms with Crippen LogP contribution in [0.2, 0.25) is 0 Å². The van der Waals surface area contributed by atoms with Crippen molar-refractivity contribution < 1.29 is 4.42 Å². The molecule has 0 bridgehead atoms. The Morgan fingerprint density at radius 1 is 1.23 bits per heavy atom. The molecule has 0 aliphatic heterocycles. The van der Waals surface area contributed by atoms with E-state index in [9.17, 15) is 0 Å². The van der Waals surface area contributed by atoms with E-state index >= 15 is 0 Å². The highest BCUT2D eigenvalue weighted by Crippen LogP contribution is 2.20. The Bertz CT molecular complexity index is 271. The molecule has 3 nitrogen and oxygen atoms in total. The van der Waals surface area contributed by atoms with E-state index in [0.29, 0.717) is 5.92 Å². The summed E-state index contributed by atoms with van der Waals surface area (Å²) in [6.45, 7) is 10.5. The number of nitrogens with zero attached hydrogens (tertiary/aromatic N) is 2. The van der Waals surface area contributed by atoms with Crippen molar-refractivity contribution in [2.75, 3.05) is 0 Å². The van der Waals surface area contributed by atoms with E-state index in [0.717, 1.165) is 18.2 Å². The van der Waals surface area contributed by atoms with E-state index in [1.165, 1.54) is 0 Å². The summed E-state index contributed by atoms with van der Waals surface area (Å²) < 4.78 is 5.54. The van der Waals surface area contributed by atoms with Crippen LogP contribution in [-0.2, 0) is 11.8 Å². The van der Waals surface area contributed by atoms with E-state index in [2.05, 4.69) is 44.8 Å². The molecule has 13 heavy (non-hydrogen) atoms. The van der Waals surface area contributed by atoms with Gasteiger partial charge in [-0.15, -0.1) is 10.2 Å². The maximum absolute atomic E-state index is 5.54. The Kier molecular flexibility index (Phi) is 2.74. The zero-order valence-electron chi connectivity index (χ0n) is 9.09. The molecule has 0 saturated heterocycles. The minimum Gasteiger partial charge on any atom is -0.425 e. The third kappa shape index (κ3) is 2.83. The number of rotatable bonds is 2. The van der Waals surface area contributed by atoms with Crippen LogP contribution < -0.4 is 0 Å². The van der Waals surface area contributed by atoms with Crippen molar-refractivity contribution in [3.63, 3.8) is 0 Å². The largest absolute Gasteiger partial charge is 0.425 e. The molecule has 0 unspecified atom stereocenters. The number of hydrogen-bond acceptors (Lipinski definition) is 3. The third-order valence-corrected chi connectivity index (χ3v) is 1.69. The lowest BCUT2D eigenvalue weighted by atomic mass is 9.97.